The van der Waals surface area contributed by atoms with Crippen LogP contribution in [0.4, 0.5) is 0 Å². The van der Waals surface area contributed by atoms with Crippen molar-refractivity contribution >= 4 is 5.91 Å². The molecule has 126 valence electrons. The van der Waals surface area contributed by atoms with Crippen molar-refractivity contribution in [3.63, 3.8) is 0 Å². The molecule has 4 heteroatoms. The molecule has 1 amide bonds. The summed E-state index contributed by atoms with van der Waals surface area (Å²) in [4.78, 5) is 14.2. The monoisotopic (exact) mass is 299 g/mol. The van der Waals surface area contributed by atoms with Gasteiger partial charge in [-0.05, 0) is 52.0 Å². The van der Waals surface area contributed by atoms with Gasteiger partial charge in [0.1, 0.15) is 0 Å². The van der Waals surface area contributed by atoms with Crippen LogP contribution < -0.4 is 11.1 Å². The summed E-state index contributed by atoms with van der Waals surface area (Å²) in [5.74, 6) is 1.08. The quantitative estimate of drug-likeness (QED) is 0.616. The number of carbonyl (C=O) groups excluding carboxylic acids is 1. The molecule has 0 saturated carbocycles. The first kappa shape index (κ1) is 20.4. The number of hydrogen-bond donors (Lipinski definition) is 2. The number of nitrogens with zero attached hydrogens (tertiary/aromatic N) is 1. The second-order valence-corrected chi connectivity index (χ2v) is 7.65. The van der Waals surface area contributed by atoms with Gasteiger partial charge >= 0.3 is 0 Å². The number of hydrogen-bond acceptors (Lipinski definition) is 3. The van der Waals surface area contributed by atoms with Gasteiger partial charge in [-0.1, -0.05) is 27.7 Å². The highest BCUT2D eigenvalue weighted by atomic mass is 16.1. The molecule has 0 rings (SSSR count). The third kappa shape index (κ3) is 9.10. The molecule has 0 aliphatic heterocycles. The molecule has 1 unspecified atom stereocenters. The van der Waals surface area contributed by atoms with Crippen molar-refractivity contribution < 1.29 is 4.79 Å². The normalized spacial score (nSPS) is 15.2. The topological polar surface area (TPSA) is 58.4 Å². The van der Waals surface area contributed by atoms with E-state index in [1.807, 2.05) is 20.8 Å². The largest absolute Gasteiger partial charge is 0.368 e. The summed E-state index contributed by atoms with van der Waals surface area (Å²) in [7, 11) is 0. The summed E-state index contributed by atoms with van der Waals surface area (Å²) in [6, 6.07) is 0.255. The predicted molar refractivity (Wildman–Crippen MR) is 91.2 cm³/mol. The summed E-state index contributed by atoms with van der Waals surface area (Å²) in [5, 5.41) is 3.32. The molecule has 1 atom stereocenters. The summed E-state index contributed by atoms with van der Waals surface area (Å²) in [6.45, 7) is 18.3. The molecule has 21 heavy (non-hydrogen) atoms. The van der Waals surface area contributed by atoms with E-state index < -0.39 is 5.54 Å². The van der Waals surface area contributed by atoms with Crippen LogP contribution in [0.15, 0.2) is 0 Å². The van der Waals surface area contributed by atoms with Gasteiger partial charge in [0.2, 0.25) is 5.91 Å². The maximum atomic E-state index is 11.7. The van der Waals surface area contributed by atoms with E-state index in [2.05, 4.69) is 37.9 Å². The SMILES string of the molecule is CC(C)CN(CCCC(C)(NC(C)C)C(N)=O)CC(C)C. The van der Waals surface area contributed by atoms with Crippen LogP contribution in [0.3, 0.4) is 0 Å². The first-order chi connectivity index (χ1) is 9.56. The molecule has 0 bridgehead atoms. The Kier molecular flexibility index (Phi) is 9.14. The summed E-state index contributed by atoms with van der Waals surface area (Å²) >= 11 is 0. The van der Waals surface area contributed by atoms with E-state index >= 15 is 0 Å². The number of nitrogens with two attached hydrogens (primary N) is 1. The van der Waals surface area contributed by atoms with Crippen LogP contribution in [0, 0.1) is 11.8 Å². The molecule has 3 N–H and O–H groups in total. The maximum Gasteiger partial charge on any atom is 0.237 e. The Balaban J connectivity index is 4.46. The first-order valence-corrected chi connectivity index (χ1v) is 8.36. The number of amides is 1. The molecular weight excluding hydrogens is 262 g/mol. The van der Waals surface area contributed by atoms with Crippen molar-refractivity contribution in [3.8, 4) is 0 Å². The van der Waals surface area contributed by atoms with Crippen molar-refractivity contribution in [3.05, 3.63) is 0 Å². The van der Waals surface area contributed by atoms with Crippen LogP contribution in [-0.2, 0) is 4.79 Å². The summed E-state index contributed by atoms with van der Waals surface area (Å²) < 4.78 is 0. The Morgan fingerprint density at radius 3 is 1.90 bits per heavy atom. The van der Waals surface area contributed by atoms with Gasteiger partial charge in [0.05, 0.1) is 5.54 Å². The highest BCUT2D eigenvalue weighted by molar-refractivity contribution is 5.84. The van der Waals surface area contributed by atoms with Crippen molar-refractivity contribution in [2.75, 3.05) is 19.6 Å². The van der Waals surface area contributed by atoms with Gasteiger partial charge in [-0.2, -0.15) is 0 Å². The van der Waals surface area contributed by atoms with Crippen molar-refractivity contribution in [2.24, 2.45) is 17.6 Å². The fourth-order valence-electron chi connectivity index (χ4n) is 2.85. The number of nitrogens with one attached hydrogen (secondary N) is 1. The Labute approximate surface area is 131 Å². The number of primary amides is 1. The lowest BCUT2D eigenvalue weighted by atomic mass is 9.93. The minimum atomic E-state index is -0.602. The zero-order valence-electron chi connectivity index (χ0n) is 15.2. The molecule has 0 heterocycles. The van der Waals surface area contributed by atoms with Gasteiger partial charge < -0.3 is 16.0 Å². The highest BCUT2D eigenvalue weighted by Crippen LogP contribution is 2.15. The van der Waals surface area contributed by atoms with Crippen LogP contribution >= 0.6 is 0 Å². The standard InChI is InChI=1S/C17H37N3O/c1-13(2)11-20(12-14(3)4)10-8-9-17(7,16(18)21)19-15(5)6/h13-15,19H,8-12H2,1-7H3,(H2,18,21). The average Bonchev–Trinajstić information content (AvgIpc) is 2.25. The van der Waals surface area contributed by atoms with Crippen molar-refractivity contribution in [1.82, 2.24) is 10.2 Å². The zero-order chi connectivity index (χ0) is 16.6. The molecule has 4 nitrogen and oxygen atoms in total. The lowest BCUT2D eigenvalue weighted by Gasteiger charge is -2.32. The molecule has 0 aliphatic carbocycles. The Morgan fingerprint density at radius 2 is 1.57 bits per heavy atom. The molecule has 0 saturated heterocycles. The molecule has 0 spiro atoms. The van der Waals surface area contributed by atoms with Gasteiger partial charge in [-0.25, -0.2) is 0 Å². The van der Waals surface area contributed by atoms with E-state index in [0.717, 1.165) is 32.5 Å². The minimum absolute atomic E-state index is 0.254. The fourth-order valence-corrected chi connectivity index (χ4v) is 2.85. The van der Waals surface area contributed by atoms with Gasteiger partial charge in [0, 0.05) is 19.1 Å². The molecule has 0 radical (unpaired) electrons. The Hall–Kier alpha value is -0.610. The Bertz CT molecular complexity index is 292. The third-order valence-corrected chi connectivity index (χ3v) is 3.55. The lowest BCUT2D eigenvalue weighted by Crippen LogP contribution is -2.55. The zero-order valence-corrected chi connectivity index (χ0v) is 15.2. The predicted octanol–water partition coefficient (Wildman–Crippen LogP) is 2.62. The minimum Gasteiger partial charge on any atom is -0.368 e. The van der Waals surface area contributed by atoms with Crippen LogP contribution in [0.5, 0.6) is 0 Å². The van der Waals surface area contributed by atoms with E-state index in [0.29, 0.717) is 11.8 Å². The van der Waals surface area contributed by atoms with E-state index in [1.165, 1.54) is 0 Å². The van der Waals surface area contributed by atoms with E-state index in [9.17, 15) is 4.79 Å². The molecule has 0 aliphatic rings. The van der Waals surface area contributed by atoms with Gasteiger partial charge in [-0.15, -0.1) is 0 Å². The van der Waals surface area contributed by atoms with Gasteiger partial charge in [0.15, 0.2) is 0 Å². The molecule has 0 fully saturated rings. The summed E-state index contributed by atoms with van der Waals surface area (Å²) in [6.07, 6.45) is 1.77. The maximum absolute atomic E-state index is 11.7. The number of carbonyl (C=O) groups is 1. The molecule has 0 aromatic carbocycles. The van der Waals surface area contributed by atoms with Crippen LogP contribution in [0.25, 0.3) is 0 Å². The van der Waals surface area contributed by atoms with Crippen LogP contribution in [0.2, 0.25) is 0 Å². The second-order valence-electron chi connectivity index (χ2n) is 7.65. The average molecular weight is 300 g/mol. The second kappa shape index (κ2) is 9.42. The fraction of sp³-hybridized carbons (Fsp3) is 0.941. The lowest BCUT2D eigenvalue weighted by molar-refractivity contribution is -0.124. The summed E-state index contributed by atoms with van der Waals surface area (Å²) in [5.41, 5.74) is 4.98. The highest BCUT2D eigenvalue weighted by Gasteiger charge is 2.30. The van der Waals surface area contributed by atoms with E-state index in [4.69, 9.17) is 5.73 Å². The van der Waals surface area contributed by atoms with Crippen molar-refractivity contribution in [1.29, 1.82) is 0 Å². The first-order valence-electron chi connectivity index (χ1n) is 8.36. The smallest absolute Gasteiger partial charge is 0.237 e. The molecular formula is C17H37N3O. The molecule has 0 aromatic heterocycles. The Morgan fingerprint density at radius 1 is 1.10 bits per heavy atom. The van der Waals surface area contributed by atoms with E-state index in [1.54, 1.807) is 0 Å². The van der Waals surface area contributed by atoms with Crippen LogP contribution in [-0.4, -0.2) is 42.0 Å². The van der Waals surface area contributed by atoms with E-state index in [-0.39, 0.29) is 11.9 Å². The third-order valence-electron chi connectivity index (χ3n) is 3.55. The van der Waals surface area contributed by atoms with Crippen molar-refractivity contribution in [2.45, 2.75) is 72.9 Å². The van der Waals surface area contributed by atoms with Gasteiger partial charge in [0.25, 0.3) is 0 Å². The number of rotatable bonds is 11. The van der Waals surface area contributed by atoms with Crippen LogP contribution in [0.1, 0.15) is 61.3 Å². The van der Waals surface area contributed by atoms with Gasteiger partial charge in [-0.3, -0.25) is 4.79 Å². The molecule has 0 aromatic rings.